The van der Waals surface area contributed by atoms with Crippen molar-refractivity contribution in [2.75, 3.05) is 0 Å². The van der Waals surface area contributed by atoms with Crippen molar-refractivity contribution in [3.63, 3.8) is 0 Å². The fourth-order valence-electron chi connectivity index (χ4n) is 2.88. The lowest BCUT2D eigenvalue weighted by molar-refractivity contribution is -0.0838. The minimum Gasteiger partial charge on any atom is -0.324 e. The van der Waals surface area contributed by atoms with Crippen LogP contribution in [0.3, 0.4) is 0 Å². The Labute approximate surface area is 115 Å². The molecule has 0 amide bonds. The number of hydrogen-bond donors (Lipinski definition) is 0. The number of hydrogen-bond acceptors (Lipinski definition) is 1. The first-order valence-corrected chi connectivity index (χ1v) is 6.83. The Morgan fingerprint density at radius 2 is 2.26 bits per heavy atom. The van der Waals surface area contributed by atoms with Gasteiger partial charge in [-0.25, -0.2) is 13.8 Å². The molecule has 2 nitrogen and oxygen atoms in total. The largest absolute Gasteiger partial charge is 0.324 e. The van der Waals surface area contributed by atoms with Gasteiger partial charge in [0.05, 0.1) is 11.6 Å². The van der Waals surface area contributed by atoms with Crippen molar-refractivity contribution in [2.45, 2.75) is 39.2 Å². The van der Waals surface area contributed by atoms with E-state index in [9.17, 15) is 8.78 Å². The summed E-state index contributed by atoms with van der Waals surface area (Å²) in [7, 11) is 0. The molecule has 1 aliphatic heterocycles. The summed E-state index contributed by atoms with van der Waals surface area (Å²) in [5.41, 5.74) is 2.46. The highest BCUT2D eigenvalue weighted by Crippen LogP contribution is 2.39. The smallest absolute Gasteiger partial charge is 0.268 e. The van der Waals surface area contributed by atoms with E-state index in [2.05, 4.69) is 4.98 Å². The second kappa shape index (κ2) is 4.17. The van der Waals surface area contributed by atoms with Gasteiger partial charge >= 0.3 is 0 Å². The Morgan fingerprint density at radius 1 is 1.53 bits per heavy atom. The average Bonchev–Trinajstić information content (AvgIpc) is 2.70. The topological polar surface area (TPSA) is 17.8 Å². The van der Waals surface area contributed by atoms with Gasteiger partial charge in [-0.05, 0) is 31.4 Å². The van der Waals surface area contributed by atoms with E-state index < -0.39 is 11.8 Å². The van der Waals surface area contributed by atoms with Crippen LogP contribution in [-0.2, 0) is 13.0 Å². The van der Waals surface area contributed by atoms with Crippen molar-refractivity contribution in [1.82, 2.24) is 9.55 Å². The molecule has 0 aliphatic carbocycles. The normalized spacial score (nSPS) is 21.6. The summed E-state index contributed by atoms with van der Waals surface area (Å²) in [6, 6.07) is 1.96. The van der Waals surface area contributed by atoms with Crippen LogP contribution in [-0.4, -0.2) is 15.5 Å². The number of nitrogens with zero attached hydrogens (tertiary/aromatic N) is 2. The van der Waals surface area contributed by atoms with Crippen LogP contribution in [0.25, 0.3) is 11.0 Å². The molecule has 0 N–H and O–H groups in total. The maximum absolute atomic E-state index is 14.1. The highest BCUT2D eigenvalue weighted by molar-refractivity contribution is 6.32. The highest BCUT2D eigenvalue weighted by atomic mass is 35.5. The third-order valence-electron chi connectivity index (χ3n) is 4.13. The van der Waals surface area contributed by atoms with Gasteiger partial charge in [0.1, 0.15) is 5.65 Å². The molecule has 0 fully saturated rings. The first kappa shape index (κ1) is 12.9. The molecule has 2 aromatic heterocycles. The van der Waals surface area contributed by atoms with E-state index in [-0.39, 0.29) is 6.54 Å². The van der Waals surface area contributed by atoms with Crippen LogP contribution < -0.4 is 0 Å². The molecular weight excluding hydrogens is 270 g/mol. The monoisotopic (exact) mass is 284 g/mol. The second-order valence-corrected chi connectivity index (χ2v) is 5.67. The van der Waals surface area contributed by atoms with Crippen LogP contribution in [0.4, 0.5) is 8.78 Å². The number of fused-ring (bicyclic) bond motifs is 3. The molecule has 0 bridgehead atoms. The summed E-state index contributed by atoms with van der Waals surface area (Å²) in [5, 5.41) is 1.46. The Hall–Kier alpha value is -1.16. The van der Waals surface area contributed by atoms with Crippen LogP contribution in [0.15, 0.2) is 12.3 Å². The Bertz CT molecular complexity index is 648. The fourth-order valence-corrected chi connectivity index (χ4v) is 3.03. The van der Waals surface area contributed by atoms with Crippen molar-refractivity contribution in [3.05, 3.63) is 28.5 Å². The van der Waals surface area contributed by atoms with Gasteiger partial charge in [-0.3, -0.25) is 0 Å². The Kier molecular flexibility index (Phi) is 2.82. The standard InChI is InChI=1S/C14H15ClF2N2/c1-3-9-4-10-5-11-8(2)12(15)6-18-13(11)19(10)7-14(9,16)17/h5-6,9H,3-4,7H2,1-2H3. The molecule has 0 spiro atoms. The summed E-state index contributed by atoms with van der Waals surface area (Å²) in [6.07, 6.45) is 2.43. The molecule has 1 atom stereocenters. The number of aryl methyl sites for hydroxylation is 1. The Balaban J connectivity index is 2.21. The molecule has 0 saturated heterocycles. The van der Waals surface area contributed by atoms with Crippen molar-refractivity contribution >= 4 is 22.6 Å². The quantitative estimate of drug-likeness (QED) is 0.767. The van der Waals surface area contributed by atoms with E-state index >= 15 is 0 Å². The zero-order valence-corrected chi connectivity index (χ0v) is 11.6. The zero-order valence-electron chi connectivity index (χ0n) is 10.9. The maximum atomic E-state index is 14.1. The second-order valence-electron chi connectivity index (χ2n) is 5.26. The molecule has 0 saturated carbocycles. The molecule has 2 aromatic rings. The van der Waals surface area contributed by atoms with Gasteiger partial charge in [-0.2, -0.15) is 0 Å². The van der Waals surface area contributed by atoms with Crippen LogP contribution in [0.1, 0.15) is 24.6 Å². The van der Waals surface area contributed by atoms with Crippen molar-refractivity contribution in [1.29, 1.82) is 0 Å². The van der Waals surface area contributed by atoms with Crippen LogP contribution in [0, 0.1) is 12.8 Å². The van der Waals surface area contributed by atoms with Crippen LogP contribution in [0.5, 0.6) is 0 Å². The van der Waals surface area contributed by atoms with Gasteiger partial charge in [0.15, 0.2) is 0 Å². The summed E-state index contributed by atoms with van der Waals surface area (Å²) in [6.45, 7) is 3.43. The number of alkyl halides is 2. The lowest BCUT2D eigenvalue weighted by Gasteiger charge is -2.32. The third kappa shape index (κ3) is 1.84. The fraction of sp³-hybridized carbons (Fsp3) is 0.500. The summed E-state index contributed by atoms with van der Waals surface area (Å²) in [5.74, 6) is -3.25. The van der Waals surface area contributed by atoms with Gasteiger partial charge in [0.25, 0.3) is 5.92 Å². The van der Waals surface area contributed by atoms with Gasteiger partial charge < -0.3 is 4.57 Å². The molecule has 3 heterocycles. The van der Waals surface area contributed by atoms with E-state index in [4.69, 9.17) is 11.6 Å². The minimum absolute atomic E-state index is 0.279. The predicted molar refractivity (Wildman–Crippen MR) is 71.9 cm³/mol. The summed E-state index contributed by atoms with van der Waals surface area (Å²) in [4.78, 5) is 4.23. The molecule has 3 rings (SSSR count). The molecule has 5 heteroatoms. The maximum Gasteiger partial charge on any atom is 0.268 e. The number of rotatable bonds is 1. The molecular formula is C14H15ClF2N2. The summed E-state index contributed by atoms with van der Waals surface area (Å²) < 4.78 is 29.8. The molecule has 0 radical (unpaired) electrons. The molecule has 102 valence electrons. The average molecular weight is 285 g/mol. The van der Waals surface area contributed by atoms with E-state index in [1.54, 1.807) is 4.57 Å². The van der Waals surface area contributed by atoms with Crippen molar-refractivity contribution in [2.24, 2.45) is 5.92 Å². The molecule has 0 aromatic carbocycles. The van der Waals surface area contributed by atoms with Crippen molar-refractivity contribution in [3.8, 4) is 0 Å². The first-order chi connectivity index (χ1) is 8.94. The van der Waals surface area contributed by atoms with Gasteiger partial charge in [0, 0.05) is 23.2 Å². The third-order valence-corrected chi connectivity index (χ3v) is 4.51. The van der Waals surface area contributed by atoms with Crippen molar-refractivity contribution < 1.29 is 8.78 Å². The minimum atomic E-state index is -2.66. The lowest BCUT2D eigenvalue weighted by atomic mass is 9.90. The molecule has 1 aliphatic rings. The number of halogens is 3. The number of aromatic nitrogens is 2. The summed E-state index contributed by atoms with van der Waals surface area (Å²) >= 11 is 6.04. The zero-order chi connectivity index (χ0) is 13.8. The van der Waals surface area contributed by atoms with Crippen LogP contribution >= 0.6 is 11.6 Å². The SMILES string of the molecule is CCC1Cc2cc3c(C)c(Cl)cnc3n2CC1(F)F. The van der Waals surface area contributed by atoms with Gasteiger partial charge in [-0.15, -0.1) is 0 Å². The highest BCUT2D eigenvalue weighted by Gasteiger charge is 2.43. The predicted octanol–water partition coefficient (Wildman–Crippen LogP) is 4.22. The first-order valence-electron chi connectivity index (χ1n) is 6.45. The van der Waals surface area contributed by atoms with E-state index in [1.165, 1.54) is 6.20 Å². The van der Waals surface area contributed by atoms with Gasteiger partial charge in [-0.1, -0.05) is 18.5 Å². The van der Waals surface area contributed by atoms with Gasteiger partial charge in [0.2, 0.25) is 0 Å². The lowest BCUT2D eigenvalue weighted by Crippen LogP contribution is -2.39. The van der Waals surface area contributed by atoms with E-state index in [0.717, 1.165) is 16.6 Å². The van der Waals surface area contributed by atoms with E-state index in [0.29, 0.717) is 23.5 Å². The molecule has 19 heavy (non-hydrogen) atoms. The van der Waals surface area contributed by atoms with Crippen LogP contribution in [0.2, 0.25) is 5.02 Å². The van der Waals surface area contributed by atoms with E-state index in [1.807, 2.05) is 19.9 Å². The number of pyridine rings is 1. The Morgan fingerprint density at radius 3 is 2.95 bits per heavy atom. The molecule has 1 unspecified atom stereocenters.